The summed E-state index contributed by atoms with van der Waals surface area (Å²) in [6.07, 6.45) is 1.63. The lowest BCUT2D eigenvalue weighted by molar-refractivity contribution is 0.355. The first-order valence-electron chi connectivity index (χ1n) is 6.51. The molecular weight excluding hydrogens is 268 g/mol. The molecule has 0 saturated carbocycles. The largest absolute Gasteiger partial charge is 0.493 e. The standard InChI is InChI=1S/C16H18N2O3/c1-10-7-11(2)18-16(19)15(10)17-9-12-5-6-13(20-3)14(8-12)21-4/h5-9H,1-4H3,(H,18,19). The maximum absolute atomic E-state index is 11.9. The minimum absolute atomic E-state index is 0.191. The zero-order valence-corrected chi connectivity index (χ0v) is 12.6. The summed E-state index contributed by atoms with van der Waals surface area (Å²) in [7, 11) is 3.16. The number of aryl methyl sites for hydroxylation is 2. The number of aromatic nitrogens is 1. The van der Waals surface area contributed by atoms with Crippen molar-refractivity contribution in [3.05, 3.63) is 51.4 Å². The van der Waals surface area contributed by atoms with Gasteiger partial charge in [0.05, 0.1) is 14.2 Å². The van der Waals surface area contributed by atoms with Crippen molar-refractivity contribution in [1.29, 1.82) is 0 Å². The Balaban J connectivity index is 2.36. The van der Waals surface area contributed by atoms with Crippen molar-refractivity contribution in [2.75, 3.05) is 14.2 Å². The fraction of sp³-hybridized carbons (Fsp3) is 0.250. The number of ether oxygens (including phenoxy) is 2. The molecule has 0 aliphatic carbocycles. The van der Waals surface area contributed by atoms with Crippen LogP contribution in [-0.2, 0) is 0 Å². The third-order valence-electron chi connectivity index (χ3n) is 3.08. The molecule has 1 aromatic carbocycles. The van der Waals surface area contributed by atoms with Crippen molar-refractivity contribution >= 4 is 11.9 Å². The van der Waals surface area contributed by atoms with Crippen LogP contribution in [0.1, 0.15) is 16.8 Å². The van der Waals surface area contributed by atoms with E-state index in [2.05, 4.69) is 9.98 Å². The van der Waals surface area contributed by atoms with E-state index in [1.807, 2.05) is 26.0 Å². The van der Waals surface area contributed by atoms with Crippen molar-refractivity contribution in [3.63, 3.8) is 0 Å². The topological polar surface area (TPSA) is 63.7 Å². The normalized spacial score (nSPS) is 10.9. The Hall–Kier alpha value is -2.56. The van der Waals surface area contributed by atoms with Crippen LogP contribution in [0.15, 0.2) is 34.1 Å². The van der Waals surface area contributed by atoms with E-state index in [1.165, 1.54) is 0 Å². The molecule has 21 heavy (non-hydrogen) atoms. The fourth-order valence-electron chi connectivity index (χ4n) is 2.08. The number of rotatable bonds is 4. The van der Waals surface area contributed by atoms with Gasteiger partial charge in [0.25, 0.3) is 5.56 Å². The number of aliphatic imine (C=N–C) groups is 1. The summed E-state index contributed by atoms with van der Waals surface area (Å²) < 4.78 is 10.4. The van der Waals surface area contributed by atoms with Crippen molar-refractivity contribution in [1.82, 2.24) is 4.98 Å². The third kappa shape index (κ3) is 3.31. The predicted octanol–water partition coefficient (Wildman–Crippen LogP) is 2.76. The summed E-state index contributed by atoms with van der Waals surface area (Å²) in [4.78, 5) is 18.9. The molecule has 0 spiro atoms. The maximum atomic E-state index is 11.9. The highest BCUT2D eigenvalue weighted by atomic mass is 16.5. The summed E-state index contributed by atoms with van der Waals surface area (Å²) in [5.41, 5.74) is 2.71. The van der Waals surface area contributed by atoms with Crippen LogP contribution in [0.4, 0.5) is 5.69 Å². The Morgan fingerprint density at radius 2 is 1.81 bits per heavy atom. The van der Waals surface area contributed by atoms with Crippen LogP contribution in [-0.4, -0.2) is 25.4 Å². The predicted molar refractivity (Wildman–Crippen MR) is 83.3 cm³/mol. The van der Waals surface area contributed by atoms with E-state index in [9.17, 15) is 4.79 Å². The number of aromatic amines is 1. The highest BCUT2D eigenvalue weighted by Gasteiger charge is 2.05. The number of methoxy groups -OCH3 is 2. The van der Waals surface area contributed by atoms with Crippen LogP contribution in [0.5, 0.6) is 11.5 Å². The van der Waals surface area contributed by atoms with E-state index in [1.54, 1.807) is 32.6 Å². The number of hydrogen-bond donors (Lipinski definition) is 1. The molecule has 0 amide bonds. The SMILES string of the molecule is COc1ccc(C=Nc2c(C)cc(C)[nH]c2=O)cc1OC. The van der Waals surface area contributed by atoms with Gasteiger partial charge in [-0.05, 0) is 49.2 Å². The molecule has 0 radical (unpaired) electrons. The van der Waals surface area contributed by atoms with Crippen LogP contribution in [0.3, 0.4) is 0 Å². The molecule has 0 bridgehead atoms. The molecule has 2 rings (SSSR count). The molecule has 0 atom stereocenters. The molecule has 0 aliphatic rings. The Bertz CT molecular complexity index is 733. The lowest BCUT2D eigenvalue weighted by Gasteiger charge is -2.07. The number of hydrogen-bond acceptors (Lipinski definition) is 4. The van der Waals surface area contributed by atoms with E-state index >= 15 is 0 Å². The lowest BCUT2D eigenvalue weighted by atomic mass is 10.2. The molecule has 0 unspecified atom stereocenters. The highest BCUT2D eigenvalue weighted by Crippen LogP contribution is 2.27. The minimum atomic E-state index is -0.191. The monoisotopic (exact) mass is 286 g/mol. The molecule has 5 nitrogen and oxygen atoms in total. The Morgan fingerprint density at radius 3 is 2.43 bits per heavy atom. The summed E-state index contributed by atoms with van der Waals surface area (Å²) in [6.45, 7) is 3.71. The molecule has 1 N–H and O–H groups in total. The van der Waals surface area contributed by atoms with Crippen LogP contribution < -0.4 is 15.0 Å². The molecule has 0 fully saturated rings. The zero-order valence-electron chi connectivity index (χ0n) is 12.6. The summed E-state index contributed by atoms with van der Waals surface area (Å²) in [5, 5.41) is 0. The third-order valence-corrected chi connectivity index (χ3v) is 3.08. The minimum Gasteiger partial charge on any atom is -0.493 e. The van der Waals surface area contributed by atoms with Gasteiger partial charge in [-0.15, -0.1) is 0 Å². The van der Waals surface area contributed by atoms with Crippen LogP contribution in [0.25, 0.3) is 0 Å². The first-order chi connectivity index (χ1) is 10.0. The van der Waals surface area contributed by atoms with Gasteiger partial charge in [-0.2, -0.15) is 0 Å². The Kier molecular flexibility index (Phi) is 4.42. The first-order valence-corrected chi connectivity index (χ1v) is 6.51. The average Bonchev–Trinajstić information content (AvgIpc) is 2.45. The average molecular weight is 286 g/mol. The van der Waals surface area contributed by atoms with Gasteiger partial charge < -0.3 is 14.5 Å². The molecule has 1 heterocycles. The molecule has 0 aliphatic heterocycles. The van der Waals surface area contributed by atoms with Gasteiger partial charge in [0.15, 0.2) is 11.5 Å². The summed E-state index contributed by atoms with van der Waals surface area (Å²) in [6, 6.07) is 7.34. The second kappa shape index (κ2) is 6.26. The van der Waals surface area contributed by atoms with Crippen LogP contribution >= 0.6 is 0 Å². The van der Waals surface area contributed by atoms with E-state index < -0.39 is 0 Å². The van der Waals surface area contributed by atoms with Crippen LogP contribution in [0.2, 0.25) is 0 Å². The molecule has 5 heteroatoms. The van der Waals surface area contributed by atoms with Gasteiger partial charge in [0.2, 0.25) is 0 Å². The van der Waals surface area contributed by atoms with Gasteiger partial charge >= 0.3 is 0 Å². The second-order valence-corrected chi connectivity index (χ2v) is 4.69. The van der Waals surface area contributed by atoms with Gasteiger partial charge in [0, 0.05) is 11.9 Å². The van der Waals surface area contributed by atoms with Crippen LogP contribution in [0, 0.1) is 13.8 Å². The summed E-state index contributed by atoms with van der Waals surface area (Å²) >= 11 is 0. The Labute approximate surface area is 123 Å². The van der Waals surface area contributed by atoms with Crippen molar-refractivity contribution in [2.24, 2.45) is 4.99 Å². The van der Waals surface area contributed by atoms with Gasteiger partial charge in [0.1, 0.15) is 5.69 Å². The van der Waals surface area contributed by atoms with Crippen molar-refractivity contribution in [3.8, 4) is 11.5 Å². The second-order valence-electron chi connectivity index (χ2n) is 4.69. The molecule has 1 aromatic heterocycles. The van der Waals surface area contributed by atoms with E-state index in [0.717, 1.165) is 16.8 Å². The Morgan fingerprint density at radius 1 is 1.10 bits per heavy atom. The van der Waals surface area contributed by atoms with Crippen molar-refractivity contribution < 1.29 is 9.47 Å². The zero-order chi connectivity index (χ0) is 15.4. The van der Waals surface area contributed by atoms with Gasteiger partial charge in [-0.3, -0.25) is 9.79 Å². The molecule has 110 valence electrons. The number of benzene rings is 1. The number of pyridine rings is 1. The molecular formula is C16H18N2O3. The van der Waals surface area contributed by atoms with E-state index in [-0.39, 0.29) is 5.56 Å². The number of nitrogens with one attached hydrogen (secondary N) is 1. The van der Waals surface area contributed by atoms with Crippen molar-refractivity contribution in [2.45, 2.75) is 13.8 Å². The molecule has 2 aromatic rings. The lowest BCUT2D eigenvalue weighted by Crippen LogP contribution is -2.08. The van der Waals surface area contributed by atoms with Gasteiger partial charge in [-0.25, -0.2) is 0 Å². The quantitative estimate of drug-likeness (QED) is 0.879. The molecule has 0 saturated heterocycles. The number of nitrogens with zero attached hydrogens (tertiary/aromatic N) is 1. The van der Waals surface area contributed by atoms with E-state index in [4.69, 9.17) is 9.47 Å². The number of H-pyrrole nitrogens is 1. The smallest absolute Gasteiger partial charge is 0.274 e. The first kappa shape index (κ1) is 14.8. The van der Waals surface area contributed by atoms with Gasteiger partial charge in [-0.1, -0.05) is 0 Å². The summed E-state index contributed by atoms with van der Waals surface area (Å²) in [5.74, 6) is 1.27. The fourth-order valence-corrected chi connectivity index (χ4v) is 2.08. The van der Waals surface area contributed by atoms with E-state index in [0.29, 0.717) is 17.2 Å². The maximum Gasteiger partial charge on any atom is 0.274 e. The highest BCUT2D eigenvalue weighted by molar-refractivity contribution is 5.83.